The fourth-order valence-corrected chi connectivity index (χ4v) is 6.08. The van der Waals surface area contributed by atoms with Crippen LogP contribution in [0.5, 0.6) is 5.75 Å². The fraction of sp³-hybridized carbons (Fsp3) is 0.250. The van der Waals surface area contributed by atoms with E-state index in [2.05, 4.69) is 10.2 Å². The van der Waals surface area contributed by atoms with Crippen LogP contribution in [0.4, 0.5) is 18.9 Å². The van der Waals surface area contributed by atoms with E-state index in [0.717, 1.165) is 30.0 Å². The van der Waals surface area contributed by atoms with Crippen molar-refractivity contribution >= 4 is 57.8 Å². The normalized spacial score (nSPS) is 16.2. The van der Waals surface area contributed by atoms with Gasteiger partial charge in [-0.15, -0.1) is 0 Å². The lowest BCUT2D eigenvalue weighted by atomic mass is 10.0. The highest BCUT2D eigenvalue weighted by Crippen LogP contribution is 2.37. The third-order valence-electron chi connectivity index (χ3n) is 7.22. The average molecular weight is 672 g/mol. The lowest BCUT2D eigenvalue weighted by Crippen LogP contribution is -2.38. The van der Waals surface area contributed by atoms with Crippen molar-refractivity contribution in [2.45, 2.75) is 6.42 Å². The summed E-state index contributed by atoms with van der Waals surface area (Å²) in [4.78, 5) is 40.5. The molecule has 46 heavy (non-hydrogen) atoms. The van der Waals surface area contributed by atoms with E-state index in [1.165, 1.54) is 47.4 Å². The van der Waals surface area contributed by atoms with Crippen LogP contribution in [-0.2, 0) is 14.3 Å². The molecule has 2 fully saturated rings. The number of anilines is 1. The summed E-state index contributed by atoms with van der Waals surface area (Å²) in [6.07, 6.45) is 1.33. The molecule has 2 aliphatic heterocycles. The molecule has 0 aromatic heterocycles. The van der Waals surface area contributed by atoms with E-state index in [4.69, 9.17) is 26.8 Å². The monoisotopic (exact) mass is 671 g/mol. The standard InChI is InChI=1S/C32H28F3N3O6S2/c33-24-6-3-20(16-25(24)34)21-15-22(29(26(35)17-21)44-14-11-37-9-12-43-13-10-37)18-27-30(40)38(32(45)46-27)8-7-28(39)36-23-4-1-19(2-5-23)31(41)42/h1-6,15-18H,7-14H2,(H,36,39)(H,41,42)/b27-18-. The third-order valence-corrected chi connectivity index (χ3v) is 8.60. The van der Waals surface area contributed by atoms with Crippen LogP contribution in [0.1, 0.15) is 22.3 Å². The molecule has 3 aromatic carbocycles. The van der Waals surface area contributed by atoms with Crippen molar-refractivity contribution in [1.29, 1.82) is 0 Å². The number of carbonyl (C=O) groups is 3. The second-order valence-electron chi connectivity index (χ2n) is 10.3. The van der Waals surface area contributed by atoms with Gasteiger partial charge in [0.2, 0.25) is 5.91 Å². The van der Waals surface area contributed by atoms with Crippen molar-refractivity contribution in [2.24, 2.45) is 0 Å². The van der Waals surface area contributed by atoms with Crippen molar-refractivity contribution in [3.8, 4) is 16.9 Å². The number of hydrogen-bond donors (Lipinski definition) is 2. The van der Waals surface area contributed by atoms with Crippen molar-refractivity contribution in [2.75, 3.05) is 51.3 Å². The minimum absolute atomic E-state index is 0.0345. The largest absolute Gasteiger partial charge is 0.489 e. The van der Waals surface area contributed by atoms with Crippen molar-refractivity contribution in [3.63, 3.8) is 0 Å². The number of benzene rings is 3. The Bertz CT molecular complexity index is 1700. The number of morpholine rings is 1. The Morgan fingerprint density at radius 2 is 1.70 bits per heavy atom. The second-order valence-corrected chi connectivity index (χ2v) is 12.0. The number of aromatic carboxylic acids is 1. The molecule has 5 rings (SSSR count). The Balaban J connectivity index is 1.33. The molecule has 0 spiro atoms. The minimum atomic E-state index is -1.09. The molecule has 2 heterocycles. The molecule has 240 valence electrons. The van der Waals surface area contributed by atoms with E-state index in [-0.39, 0.29) is 56.8 Å². The quantitative estimate of drug-likeness (QED) is 0.204. The predicted octanol–water partition coefficient (Wildman–Crippen LogP) is 5.41. The first-order valence-corrected chi connectivity index (χ1v) is 15.4. The van der Waals surface area contributed by atoms with Crippen LogP contribution in [0.25, 0.3) is 17.2 Å². The number of carboxylic acids is 1. The van der Waals surface area contributed by atoms with Crippen LogP contribution in [0.2, 0.25) is 0 Å². The van der Waals surface area contributed by atoms with Gasteiger partial charge in [-0.2, -0.15) is 0 Å². The highest BCUT2D eigenvalue weighted by atomic mass is 32.2. The average Bonchev–Trinajstić information content (AvgIpc) is 3.30. The van der Waals surface area contributed by atoms with Gasteiger partial charge in [-0.3, -0.25) is 19.4 Å². The van der Waals surface area contributed by atoms with Crippen LogP contribution in [0, 0.1) is 17.5 Å². The third kappa shape index (κ3) is 8.12. The van der Waals surface area contributed by atoms with Crippen LogP contribution in [0.3, 0.4) is 0 Å². The highest BCUT2D eigenvalue weighted by Gasteiger charge is 2.32. The van der Waals surface area contributed by atoms with E-state index >= 15 is 4.39 Å². The number of ether oxygens (including phenoxy) is 2. The Hall–Kier alpha value is -4.24. The van der Waals surface area contributed by atoms with Crippen LogP contribution >= 0.6 is 24.0 Å². The summed E-state index contributed by atoms with van der Waals surface area (Å²) in [6, 6.07) is 11.5. The Labute approximate surface area is 272 Å². The number of carbonyl (C=O) groups excluding carboxylic acids is 2. The minimum Gasteiger partial charge on any atom is -0.489 e. The molecule has 0 atom stereocenters. The molecule has 2 saturated heterocycles. The number of thiocarbonyl (C=S) groups is 1. The Kier molecular flexibility index (Phi) is 10.7. The molecule has 0 bridgehead atoms. The molecule has 0 unspecified atom stereocenters. The lowest BCUT2D eigenvalue weighted by Gasteiger charge is -2.26. The van der Waals surface area contributed by atoms with E-state index in [1.54, 1.807) is 0 Å². The predicted molar refractivity (Wildman–Crippen MR) is 171 cm³/mol. The molecule has 0 aliphatic carbocycles. The number of nitrogens with zero attached hydrogens (tertiary/aromatic N) is 2. The summed E-state index contributed by atoms with van der Waals surface area (Å²) in [7, 11) is 0. The summed E-state index contributed by atoms with van der Waals surface area (Å²) in [6.45, 7) is 3.24. The van der Waals surface area contributed by atoms with Crippen molar-refractivity contribution in [1.82, 2.24) is 9.80 Å². The number of halogens is 3. The molecule has 0 saturated carbocycles. The zero-order valence-corrected chi connectivity index (χ0v) is 25.9. The first-order valence-electron chi connectivity index (χ1n) is 14.2. The molecule has 0 radical (unpaired) electrons. The topological polar surface area (TPSA) is 108 Å². The second kappa shape index (κ2) is 14.9. The number of hydrogen-bond acceptors (Lipinski definition) is 8. The van der Waals surface area contributed by atoms with Gasteiger partial charge in [0.1, 0.15) is 10.9 Å². The van der Waals surface area contributed by atoms with Crippen LogP contribution in [-0.4, -0.2) is 83.0 Å². The molecule has 9 nitrogen and oxygen atoms in total. The zero-order chi connectivity index (χ0) is 32.8. The van der Waals surface area contributed by atoms with Gasteiger partial charge < -0.3 is 19.9 Å². The number of thioether (sulfide) groups is 1. The molecular formula is C32H28F3N3O6S2. The molecule has 2 aliphatic rings. The van der Waals surface area contributed by atoms with Crippen LogP contribution < -0.4 is 10.1 Å². The van der Waals surface area contributed by atoms with Crippen LogP contribution in [0.15, 0.2) is 59.5 Å². The number of amides is 2. The number of carboxylic acid groups (broad SMARTS) is 1. The zero-order valence-electron chi connectivity index (χ0n) is 24.3. The van der Waals surface area contributed by atoms with E-state index in [0.29, 0.717) is 38.5 Å². The van der Waals surface area contributed by atoms with Crippen molar-refractivity contribution < 1.29 is 42.1 Å². The Morgan fingerprint density at radius 1 is 0.978 bits per heavy atom. The summed E-state index contributed by atoms with van der Waals surface area (Å²) in [5.74, 6) is -5.00. The SMILES string of the molecule is O=C(CCN1C(=O)/C(=C/c2cc(-c3ccc(F)c(F)c3)cc(F)c2OCCN2CCOCC2)SC1=S)Nc1ccc(C(=O)O)cc1. The van der Waals surface area contributed by atoms with Gasteiger partial charge in [-0.25, -0.2) is 18.0 Å². The highest BCUT2D eigenvalue weighted by molar-refractivity contribution is 8.26. The van der Waals surface area contributed by atoms with Gasteiger partial charge in [-0.05, 0) is 65.7 Å². The molecule has 2 amide bonds. The molecule has 3 aromatic rings. The van der Waals surface area contributed by atoms with Gasteiger partial charge in [0, 0.05) is 43.9 Å². The maximum Gasteiger partial charge on any atom is 0.335 e. The fourth-order valence-electron chi connectivity index (χ4n) is 4.79. The maximum absolute atomic E-state index is 15.6. The van der Waals surface area contributed by atoms with Gasteiger partial charge >= 0.3 is 5.97 Å². The first kappa shape index (κ1) is 33.1. The summed E-state index contributed by atoms with van der Waals surface area (Å²) in [5, 5.41) is 11.7. The maximum atomic E-state index is 15.6. The Morgan fingerprint density at radius 3 is 2.39 bits per heavy atom. The van der Waals surface area contributed by atoms with E-state index in [9.17, 15) is 23.2 Å². The summed E-state index contributed by atoms with van der Waals surface area (Å²) < 4.78 is 54.6. The number of rotatable bonds is 11. The summed E-state index contributed by atoms with van der Waals surface area (Å²) >= 11 is 6.38. The molecular weight excluding hydrogens is 643 g/mol. The number of nitrogens with one attached hydrogen (secondary N) is 1. The lowest BCUT2D eigenvalue weighted by molar-refractivity contribution is -0.122. The smallest absolute Gasteiger partial charge is 0.335 e. The van der Waals surface area contributed by atoms with Gasteiger partial charge in [0.05, 0.1) is 23.7 Å². The summed E-state index contributed by atoms with van der Waals surface area (Å²) in [5.41, 5.74) is 1.13. The van der Waals surface area contributed by atoms with Gasteiger partial charge in [0.25, 0.3) is 5.91 Å². The van der Waals surface area contributed by atoms with E-state index < -0.39 is 35.2 Å². The molecule has 2 N–H and O–H groups in total. The molecule has 14 heteroatoms. The first-order chi connectivity index (χ1) is 22.1. The van der Waals surface area contributed by atoms with Gasteiger partial charge in [0.15, 0.2) is 23.2 Å². The van der Waals surface area contributed by atoms with Gasteiger partial charge in [-0.1, -0.05) is 30.0 Å². The van der Waals surface area contributed by atoms with E-state index in [1.807, 2.05) is 0 Å². The van der Waals surface area contributed by atoms with Crippen molar-refractivity contribution in [3.05, 3.63) is 88.1 Å².